The molecule has 0 spiro atoms. The van der Waals surface area contributed by atoms with Gasteiger partial charge in [-0.15, -0.1) is 0 Å². The number of carbonyl (C=O) groups is 1. The van der Waals surface area contributed by atoms with E-state index in [4.69, 9.17) is 0 Å². The quantitative estimate of drug-likeness (QED) is 0.839. The highest BCUT2D eigenvalue weighted by Crippen LogP contribution is 2.30. The Balaban J connectivity index is 1.73. The van der Waals surface area contributed by atoms with Crippen molar-refractivity contribution in [1.82, 2.24) is 4.98 Å². The summed E-state index contributed by atoms with van der Waals surface area (Å²) in [5.41, 5.74) is 3.25. The monoisotopic (exact) mass is 355 g/mol. The molecule has 1 heterocycles. The summed E-state index contributed by atoms with van der Waals surface area (Å²) in [5, 5.41) is 12.3. The minimum absolute atomic E-state index is 0.208. The summed E-state index contributed by atoms with van der Waals surface area (Å²) in [6.07, 6.45) is 4.12. The molecule has 1 aromatic heterocycles. The van der Waals surface area contributed by atoms with Gasteiger partial charge in [0.1, 0.15) is 16.9 Å². The van der Waals surface area contributed by atoms with Crippen LogP contribution in [0, 0.1) is 17.1 Å². The van der Waals surface area contributed by atoms with Gasteiger partial charge in [0.15, 0.2) is 0 Å². The zero-order valence-electron chi connectivity index (χ0n) is 13.9. The second-order valence-corrected chi connectivity index (χ2v) is 7.35. The van der Waals surface area contributed by atoms with E-state index in [1.54, 1.807) is 6.92 Å². The first kappa shape index (κ1) is 17.4. The van der Waals surface area contributed by atoms with Crippen LogP contribution in [0.15, 0.2) is 35.4 Å². The fraction of sp³-hybridized carbons (Fsp3) is 0.316. The molecule has 0 radical (unpaired) electrons. The Morgan fingerprint density at radius 1 is 1.32 bits per heavy atom. The standard InChI is InChI=1S/C19H18FN3OS/c1-12(18(24)22-16-8-6-15(20)7-9-16)25-19-14(11-21)10-13-4-2-3-5-17(13)23-19/h6-10,12H,2-5H2,1H3,(H,22,24). The van der Waals surface area contributed by atoms with Crippen molar-refractivity contribution in [3.05, 3.63) is 53.0 Å². The van der Waals surface area contributed by atoms with Gasteiger partial charge in [0.05, 0.1) is 10.8 Å². The number of anilines is 1. The van der Waals surface area contributed by atoms with Crippen LogP contribution < -0.4 is 5.32 Å². The van der Waals surface area contributed by atoms with Crippen LogP contribution in [0.25, 0.3) is 0 Å². The third kappa shape index (κ3) is 4.18. The predicted octanol–water partition coefficient (Wildman–Crippen LogP) is 4.09. The minimum atomic E-state index is -0.425. The topological polar surface area (TPSA) is 65.8 Å². The molecule has 1 aliphatic rings. The number of hydrogen-bond acceptors (Lipinski definition) is 4. The zero-order valence-corrected chi connectivity index (χ0v) is 14.7. The number of halogens is 1. The number of thioether (sulfide) groups is 1. The van der Waals surface area contributed by atoms with Crippen molar-refractivity contribution in [3.63, 3.8) is 0 Å². The Bertz CT molecular complexity index is 830. The highest BCUT2D eigenvalue weighted by molar-refractivity contribution is 8.00. The molecule has 0 bridgehead atoms. The van der Waals surface area contributed by atoms with Crippen molar-refractivity contribution in [2.45, 2.75) is 42.9 Å². The van der Waals surface area contributed by atoms with Crippen molar-refractivity contribution in [2.75, 3.05) is 5.32 Å². The molecule has 0 aliphatic heterocycles. The summed E-state index contributed by atoms with van der Waals surface area (Å²) in [7, 11) is 0. The second-order valence-electron chi connectivity index (χ2n) is 6.02. The number of fused-ring (bicyclic) bond motifs is 1. The van der Waals surface area contributed by atoms with Crippen molar-refractivity contribution in [2.24, 2.45) is 0 Å². The molecule has 1 aromatic carbocycles. The number of aromatic nitrogens is 1. The van der Waals surface area contributed by atoms with Gasteiger partial charge in [-0.05, 0) is 68.5 Å². The van der Waals surface area contributed by atoms with E-state index in [0.717, 1.165) is 36.9 Å². The van der Waals surface area contributed by atoms with E-state index in [1.165, 1.54) is 36.0 Å². The number of nitrogens with zero attached hydrogens (tertiary/aromatic N) is 2. The molecule has 2 aromatic rings. The molecule has 3 rings (SSSR count). The van der Waals surface area contributed by atoms with Gasteiger partial charge in [-0.25, -0.2) is 9.37 Å². The molecule has 25 heavy (non-hydrogen) atoms. The summed E-state index contributed by atoms with van der Waals surface area (Å²) in [5.74, 6) is -0.558. The lowest BCUT2D eigenvalue weighted by atomic mass is 9.95. The summed E-state index contributed by atoms with van der Waals surface area (Å²) in [6.45, 7) is 1.77. The van der Waals surface area contributed by atoms with Crippen molar-refractivity contribution < 1.29 is 9.18 Å². The molecular weight excluding hydrogens is 337 g/mol. The van der Waals surface area contributed by atoms with Crippen LogP contribution in [0.4, 0.5) is 10.1 Å². The molecule has 1 unspecified atom stereocenters. The van der Waals surface area contributed by atoms with E-state index < -0.39 is 5.25 Å². The zero-order chi connectivity index (χ0) is 17.8. The SMILES string of the molecule is CC(Sc1nc2c(cc1C#N)CCCC2)C(=O)Nc1ccc(F)cc1. The molecule has 1 amide bonds. The highest BCUT2D eigenvalue weighted by Gasteiger charge is 2.20. The first-order chi connectivity index (χ1) is 12.1. The summed E-state index contributed by atoms with van der Waals surface area (Å²) >= 11 is 1.28. The van der Waals surface area contributed by atoms with Crippen molar-refractivity contribution in [1.29, 1.82) is 5.26 Å². The van der Waals surface area contributed by atoms with Gasteiger partial charge in [-0.3, -0.25) is 4.79 Å². The van der Waals surface area contributed by atoms with E-state index in [-0.39, 0.29) is 11.7 Å². The lowest BCUT2D eigenvalue weighted by Crippen LogP contribution is -2.22. The van der Waals surface area contributed by atoms with Crippen LogP contribution in [0.1, 0.15) is 36.6 Å². The first-order valence-corrected chi connectivity index (χ1v) is 9.11. The molecule has 6 heteroatoms. The summed E-state index contributed by atoms with van der Waals surface area (Å²) < 4.78 is 12.9. The predicted molar refractivity (Wildman–Crippen MR) is 95.9 cm³/mol. The number of pyridine rings is 1. The van der Waals surface area contributed by atoms with Crippen LogP contribution in [-0.2, 0) is 17.6 Å². The molecule has 128 valence electrons. The fourth-order valence-electron chi connectivity index (χ4n) is 2.78. The van der Waals surface area contributed by atoms with Gasteiger partial charge < -0.3 is 5.32 Å². The summed E-state index contributed by atoms with van der Waals surface area (Å²) in [6, 6.07) is 9.73. The Hall–Kier alpha value is -2.39. The van der Waals surface area contributed by atoms with Gasteiger partial charge in [-0.1, -0.05) is 11.8 Å². The maximum atomic E-state index is 12.9. The van der Waals surface area contributed by atoms with Crippen molar-refractivity contribution in [3.8, 4) is 6.07 Å². The number of hydrogen-bond donors (Lipinski definition) is 1. The van der Waals surface area contributed by atoms with Gasteiger partial charge in [0, 0.05) is 11.4 Å². The normalized spacial score (nSPS) is 14.3. The number of benzene rings is 1. The number of rotatable bonds is 4. The molecule has 0 saturated heterocycles. The lowest BCUT2D eigenvalue weighted by molar-refractivity contribution is -0.115. The number of carbonyl (C=O) groups excluding carboxylic acids is 1. The number of nitriles is 1. The number of aryl methyl sites for hydroxylation is 2. The largest absolute Gasteiger partial charge is 0.325 e. The molecule has 0 saturated carbocycles. The Morgan fingerprint density at radius 2 is 2.04 bits per heavy atom. The maximum absolute atomic E-state index is 12.9. The molecule has 1 N–H and O–H groups in total. The molecule has 0 fully saturated rings. The van der Waals surface area contributed by atoms with Crippen molar-refractivity contribution >= 4 is 23.4 Å². The lowest BCUT2D eigenvalue weighted by Gasteiger charge is -2.18. The van der Waals surface area contributed by atoms with E-state index in [2.05, 4.69) is 16.4 Å². The smallest absolute Gasteiger partial charge is 0.237 e. The van der Waals surface area contributed by atoms with Gasteiger partial charge >= 0.3 is 0 Å². The van der Waals surface area contributed by atoms with Crippen LogP contribution in [0.3, 0.4) is 0 Å². The first-order valence-electron chi connectivity index (χ1n) is 8.23. The summed E-state index contributed by atoms with van der Waals surface area (Å²) in [4.78, 5) is 17.0. The third-order valence-corrected chi connectivity index (χ3v) is 5.26. The maximum Gasteiger partial charge on any atom is 0.237 e. The average Bonchev–Trinajstić information content (AvgIpc) is 2.63. The fourth-order valence-corrected chi connectivity index (χ4v) is 3.68. The Labute approximate surface area is 150 Å². The Kier molecular flexibility index (Phi) is 5.34. The molecular formula is C19H18FN3OS. The highest BCUT2D eigenvalue weighted by atomic mass is 32.2. The Morgan fingerprint density at radius 3 is 2.76 bits per heavy atom. The molecule has 4 nitrogen and oxygen atoms in total. The van der Waals surface area contributed by atoms with E-state index in [0.29, 0.717) is 16.3 Å². The van der Waals surface area contributed by atoms with E-state index in [1.807, 2.05) is 6.07 Å². The minimum Gasteiger partial charge on any atom is -0.325 e. The van der Waals surface area contributed by atoms with E-state index in [9.17, 15) is 14.4 Å². The van der Waals surface area contributed by atoms with Crippen LogP contribution in [0.5, 0.6) is 0 Å². The average molecular weight is 355 g/mol. The molecule has 1 aliphatic carbocycles. The van der Waals surface area contributed by atoms with Crippen LogP contribution in [0.2, 0.25) is 0 Å². The third-order valence-electron chi connectivity index (χ3n) is 4.16. The number of nitrogens with one attached hydrogen (secondary N) is 1. The molecule has 1 atom stereocenters. The van der Waals surface area contributed by atoms with Crippen LogP contribution >= 0.6 is 11.8 Å². The number of amides is 1. The van der Waals surface area contributed by atoms with Crippen LogP contribution in [-0.4, -0.2) is 16.1 Å². The van der Waals surface area contributed by atoms with Gasteiger partial charge in [0.2, 0.25) is 5.91 Å². The second kappa shape index (κ2) is 7.66. The van der Waals surface area contributed by atoms with E-state index >= 15 is 0 Å². The van der Waals surface area contributed by atoms with Gasteiger partial charge in [-0.2, -0.15) is 5.26 Å². The van der Waals surface area contributed by atoms with Gasteiger partial charge in [0.25, 0.3) is 0 Å².